The molecule has 0 aliphatic carbocycles. The zero-order valence-electron chi connectivity index (χ0n) is 19.2. The number of thiazole rings is 1. The molecule has 0 spiro atoms. The first-order valence-electron chi connectivity index (χ1n) is 11.4. The Labute approximate surface area is 203 Å². The number of benzene rings is 2. The smallest absolute Gasteiger partial charge is 0.274 e. The van der Waals surface area contributed by atoms with Crippen molar-refractivity contribution in [3.05, 3.63) is 53.8 Å². The number of likely N-dealkylation sites (tertiary alicyclic amines) is 1. The normalized spacial score (nSPS) is 15.2. The molecule has 1 aromatic heterocycles. The van der Waals surface area contributed by atoms with E-state index >= 15 is 0 Å². The number of hydrogen-bond acceptors (Lipinski definition) is 6. The number of piperidine rings is 1. The molecule has 4 rings (SSSR count). The third kappa shape index (κ3) is 5.39. The molecule has 7 nitrogen and oxygen atoms in total. The highest BCUT2D eigenvalue weighted by Gasteiger charge is 2.26. The minimum absolute atomic E-state index is 0.0689. The van der Waals surface area contributed by atoms with E-state index in [2.05, 4.69) is 4.98 Å². The van der Waals surface area contributed by atoms with Gasteiger partial charge in [0.1, 0.15) is 11.9 Å². The molecular weight excluding hydrogens is 477 g/mol. The molecule has 0 bridgehead atoms. The summed E-state index contributed by atoms with van der Waals surface area (Å²) in [6.07, 6.45) is 2.95. The maximum absolute atomic E-state index is 13.4. The summed E-state index contributed by atoms with van der Waals surface area (Å²) in [6.45, 7) is 3.54. The van der Waals surface area contributed by atoms with Crippen LogP contribution in [0.5, 0.6) is 5.19 Å². The van der Waals surface area contributed by atoms with Crippen molar-refractivity contribution in [1.82, 2.24) is 14.2 Å². The van der Waals surface area contributed by atoms with Crippen LogP contribution in [0.15, 0.2) is 47.4 Å². The monoisotopic (exact) mass is 505 g/mol. The number of nitrogens with zero attached hydrogens (tertiary/aromatic N) is 3. The van der Waals surface area contributed by atoms with Gasteiger partial charge in [0.25, 0.3) is 11.1 Å². The number of fused-ring (bicyclic) bond motifs is 1. The largest absolute Gasteiger partial charge is 0.467 e. The number of carbonyl (C=O) groups is 1. The molecule has 1 amide bonds. The van der Waals surface area contributed by atoms with Crippen LogP contribution in [-0.4, -0.2) is 61.3 Å². The summed E-state index contributed by atoms with van der Waals surface area (Å²) in [4.78, 5) is 19.3. The molecule has 0 N–H and O–H groups in total. The zero-order chi connectivity index (χ0) is 24.3. The number of carbonyl (C=O) groups excluding carboxylic acids is 1. The van der Waals surface area contributed by atoms with Gasteiger partial charge in [0.2, 0.25) is 10.0 Å². The van der Waals surface area contributed by atoms with Gasteiger partial charge in [0, 0.05) is 45.1 Å². The van der Waals surface area contributed by atoms with Crippen LogP contribution in [0.3, 0.4) is 0 Å². The second-order valence-electron chi connectivity index (χ2n) is 8.41. The Balaban J connectivity index is 1.33. The van der Waals surface area contributed by atoms with E-state index in [1.807, 2.05) is 6.92 Å². The lowest BCUT2D eigenvalue weighted by atomic mass is 10.1. The molecule has 1 aliphatic heterocycles. The molecule has 2 aromatic carbocycles. The lowest BCUT2D eigenvalue weighted by Gasteiger charge is -2.31. The maximum Gasteiger partial charge on any atom is 0.274 e. The van der Waals surface area contributed by atoms with E-state index in [9.17, 15) is 17.6 Å². The fourth-order valence-electron chi connectivity index (χ4n) is 3.88. The molecular formula is C24H28FN3O4S2. The van der Waals surface area contributed by atoms with Crippen molar-refractivity contribution in [1.29, 1.82) is 0 Å². The van der Waals surface area contributed by atoms with Gasteiger partial charge in [-0.05, 0) is 48.9 Å². The number of sulfonamides is 1. The third-order valence-corrected chi connectivity index (χ3v) is 8.74. The van der Waals surface area contributed by atoms with E-state index in [1.54, 1.807) is 30.1 Å². The van der Waals surface area contributed by atoms with Gasteiger partial charge >= 0.3 is 0 Å². The van der Waals surface area contributed by atoms with Crippen molar-refractivity contribution in [3.8, 4) is 5.19 Å². The standard InChI is InChI=1S/C24H28FN3O4S2/c1-3-4-13-27(2)34(30,31)20-8-5-17(6-9-20)23(29)28-14-11-19(12-15-28)32-24-26-21-10-7-18(25)16-22(21)33-24/h5-10,16,19H,3-4,11-15H2,1-2H3. The summed E-state index contributed by atoms with van der Waals surface area (Å²) in [6, 6.07) is 10.6. The molecule has 10 heteroatoms. The summed E-state index contributed by atoms with van der Waals surface area (Å²) in [5.41, 5.74) is 1.17. The molecule has 0 atom stereocenters. The Morgan fingerprint density at radius 1 is 1.21 bits per heavy atom. The minimum Gasteiger partial charge on any atom is -0.467 e. The van der Waals surface area contributed by atoms with Crippen LogP contribution < -0.4 is 4.74 Å². The van der Waals surface area contributed by atoms with Crippen LogP contribution in [0.4, 0.5) is 4.39 Å². The number of rotatable bonds is 8. The van der Waals surface area contributed by atoms with Crippen molar-refractivity contribution in [2.24, 2.45) is 0 Å². The fourth-order valence-corrected chi connectivity index (χ4v) is 6.00. The number of hydrogen-bond donors (Lipinski definition) is 0. The Bertz CT molecular complexity index is 1250. The average Bonchev–Trinajstić information content (AvgIpc) is 3.23. The number of amides is 1. The molecule has 1 aliphatic rings. The van der Waals surface area contributed by atoms with E-state index in [0.29, 0.717) is 48.7 Å². The summed E-state index contributed by atoms with van der Waals surface area (Å²) in [5.74, 6) is -0.430. The van der Waals surface area contributed by atoms with Gasteiger partial charge in [-0.25, -0.2) is 22.1 Å². The van der Waals surface area contributed by atoms with Gasteiger partial charge in [0.05, 0.1) is 15.1 Å². The Morgan fingerprint density at radius 2 is 1.91 bits per heavy atom. The molecule has 182 valence electrons. The molecule has 0 radical (unpaired) electrons. The molecule has 3 aromatic rings. The second kappa shape index (κ2) is 10.4. The van der Waals surface area contributed by atoms with Crippen LogP contribution in [0.25, 0.3) is 10.2 Å². The summed E-state index contributed by atoms with van der Waals surface area (Å²) in [7, 11) is -1.99. The minimum atomic E-state index is -3.56. The lowest BCUT2D eigenvalue weighted by molar-refractivity contribution is 0.0595. The molecule has 1 saturated heterocycles. The number of unbranched alkanes of at least 4 members (excludes halogenated alkanes) is 1. The molecule has 34 heavy (non-hydrogen) atoms. The number of ether oxygens (including phenoxy) is 1. The highest BCUT2D eigenvalue weighted by Crippen LogP contribution is 2.30. The van der Waals surface area contributed by atoms with Crippen molar-refractivity contribution in [2.45, 2.75) is 43.6 Å². The average molecular weight is 506 g/mol. The summed E-state index contributed by atoms with van der Waals surface area (Å²) in [5, 5.41) is 0.506. The topological polar surface area (TPSA) is 79.8 Å². The summed E-state index contributed by atoms with van der Waals surface area (Å²) < 4.78 is 46.8. The Morgan fingerprint density at radius 3 is 2.59 bits per heavy atom. The molecule has 0 saturated carbocycles. The van der Waals surface area contributed by atoms with Gasteiger partial charge in [-0.3, -0.25) is 4.79 Å². The van der Waals surface area contributed by atoms with Crippen LogP contribution in [0.2, 0.25) is 0 Å². The lowest BCUT2D eigenvalue weighted by Crippen LogP contribution is -2.41. The second-order valence-corrected chi connectivity index (χ2v) is 11.4. The predicted octanol–water partition coefficient (Wildman–Crippen LogP) is 4.54. The maximum atomic E-state index is 13.4. The van der Waals surface area contributed by atoms with E-state index in [-0.39, 0.29) is 22.7 Å². The first-order chi connectivity index (χ1) is 16.3. The first-order valence-corrected chi connectivity index (χ1v) is 13.6. The van der Waals surface area contributed by atoms with Gasteiger partial charge in [-0.1, -0.05) is 24.7 Å². The van der Waals surface area contributed by atoms with Gasteiger partial charge in [-0.15, -0.1) is 0 Å². The van der Waals surface area contributed by atoms with E-state index in [0.717, 1.165) is 17.5 Å². The first kappa shape index (κ1) is 24.6. The van der Waals surface area contributed by atoms with E-state index < -0.39 is 10.0 Å². The van der Waals surface area contributed by atoms with Gasteiger partial charge < -0.3 is 9.64 Å². The third-order valence-electron chi connectivity index (χ3n) is 5.96. The quantitative estimate of drug-likeness (QED) is 0.449. The fraction of sp³-hybridized carbons (Fsp3) is 0.417. The van der Waals surface area contributed by atoms with Crippen LogP contribution in [0.1, 0.15) is 43.0 Å². The van der Waals surface area contributed by atoms with Crippen LogP contribution >= 0.6 is 11.3 Å². The van der Waals surface area contributed by atoms with Crippen LogP contribution in [0, 0.1) is 5.82 Å². The van der Waals surface area contributed by atoms with Gasteiger partial charge in [0.15, 0.2) is 0 Å². The van der Waals surface area contributed by atoms with Crippen molar-refractivity contribution >= 4 is 37.5 Å². The van der Waals surface area contributed by atoms with Crippen LogP contribution in [-0.2, 0) is 10.0 Å². The highest BCUT2D eigenvalue weighted by atomic mass is 32.2. The van der Waals surface area contributed by atoms with Crippen molar-refractivity contribution < 1.29 is 22.3 Å². The zero-order valence-corrected chi connectivity index (χ0v) is 20.9. The predicted molar refractivity (Wildman–Crippen MR) is 130 cm³/mol. The highest BCUT2D eigenvalue weighted by molar-refractivity contribution is 7.89. The van der Waals surface area contributed by atoms with Crippen molar-refractivity contribution in [2.75, 3.05) is 26.7 Å². The van der Waals surface area contributed by atoms with Gasteiger partial charge in [-0.2, -0.15) is 0 Å². The summed E-state index contributed by atoms with van der Waals surface area (Å²) >= 11 is 1.31. The SMILES string of the molecule is CCCCN(C)S(=O)(=O)c1ccc(C(=O)N2CCC(Oc3nc4ccc(F)cc4s3)CC2)cc1. The molecule has 1 fully saturated rings. The number of aromatic nitrogens is 1. The van der Waals surface area contributed by atoms with E-state index in [1.165, 1.54) is 39.9 Å². The number of halogens is 1. The Kier molecular flexibility index (Phi) is 7.49. The van der Waals surface area contributed by atoms with E-state index in [4.69, 9.17) is 4.74 Å². The molecule has 2 heterocycles. The van der Waals surface area contributed by atoms with Crippen molar-refractivity contribution in [3.63, 3.8) is 0 Å². The molecule has 0 unspecified atom stereocenters. The Hall–Kier alpha value is -2.56.